The molecule has 0 fully saturated rings. The minimum absolute atomic E-state index is 0.0507. The molecule has 4 nitrogen and oxygen atoms in total. The molecule has 0 amide bonds. The molecule has 0 aliphatic rings. The average Bonchev–Trinajstić information content (AvgIpc) is 2.65. The summed E-state index contributed by atoms with van der Waals surface area (Å²) in [6.45, 7) is 8.49. The molecule has 16 heavy (non-hydrogen) atoms. The number of nitrogens with zero attached hydrogens (tertiary/aromatic N) is 2. The van der Waals surface area contributed by atoms with Crippen LogP contribution in [0.5, 0.6) is 0 Å². The SMILES string of the molecule is CC(C)(C)n1cc(CNCCCCO)cn1. The lowest BCUT2D eigenvalue weighted by Gasteiger charge is -2.18. The molecule has 1 aromatic rings. The van der Waals surface area contributed by atoms with E-state index < -0.39 is 0 Å². The second kappa shape index (κ2) is 6.01. The van der Waals surface area contributed by atoms with Gasteiger partial charge in [-0.05, 0) is 40.2 Å². The van der Waals surface area contributed by atoms with Crippen molar-refractivity contribution in [1.29, 1.82) is 0 Å². The number of nitrogens with one attached hydrogen (secondary N) is 1. The summed E-state index contributed by atoms with van der Waals surface area (Å²) in [7, 11) is 0. The molecule has 0 radical (unpaired) electrons. The van der Waals surface area contributed by atoms with Crippen molar-refractivity contribution < 1.29 is 5.11 Å². The molecular weight excluding hydrogens is 202 g/mol. The number of unbranched alkanes of at least 4 members (excludes halogenated alkanes) is 1. The Morgan fingerprint density at radius 1 is 1.38 bits per heavy atom. The van der Waals surface area contributed by atoms with Crippen LogP contribution in [0.4, 0.5) is 0 Å². The van der Waals surface area contributed by atoms with Crippen molar-refractivity contribution in [2.24, 2.45) is 0 Å². The summed E-state index contributed by atoms with van der Waals surface area (Å²) in [5, 5.41) is 16.3. The number of hydrogen-bond donors (Lipinski definition) is 2. The Morgan fingerprint density at radius 2 is 2.12 bits per heavy atom. The first kappa shape index (κ1) is 13.2. The maximum atomic E-state index is 8.63. The predicted molar refractivity (Wildman–Crippen MR) is 65.2 cm³/mol. The lowest BCUT2D eigenvalue weighted by molar-refractivity contribution is 0.283. The summed E-state index contributed by atoms with van der Waals surface area (Å²) in [6.07, 6.45) is 5.88. The molecule has 0 aliphatic heterocycles. The van der Waals surface area contributed by atoms with E-state index in [0.29, 0.717) is 0 Å². The Kier molecular flexibility index (Phi) is 4.96. The van der Waals surface area contributed by atoms with Gasteiger partial charge in [-0.2, -0.15) is 5.10 Å². The lowest BCUT2D eigenvalue weighted by Crippen LogP contribution is -2.22. The molecule has 0 aliphatic carbocycles. The number of aliphatic hydroxyl groups is 1. The quantitative estimate of drug-likeness (QED) is 0.721. The molecule has 1 rings (SSSR count). The molecule has 0 unspecified atom stereocenters. The summed E-state index contributed by atoms with van der Waals surface area (Å²) >= 11 is 0. The summed E-state index contributed by atoms with van der Waals surface area (Å²) in [5.41, 5.74) is 1.26. The zero-order valence-corrected chi connectivity index (χ0v) is 10.5. The fourth-order valence-corrected chi connectivity index (χ4v) is 1.41. The smallest absolute Gasteiger partial charge is 0.0543 e. The van der Waals surface area contributed by atoms with Gasteiger partial charge in [0.2, 0.25) is 0 Å². The van der Waals surface area contributed by atoms with Crippen molar-refractivity contribution >= 4 is 0 Å². The molecule has 1 heterocycles. The van der Waals surface area contributed by atoms with Crippen LogP contribution < -0.4 is 5.32 Å². The van der Waals surface area contributed by atoms with E-state index >= 15 is 0 Å². The first-order valence-corrected chi connectivity index (χ1v) is 5.89. The van der Waals surface area contributed by atoms with Crippen LogP contribution in [0.15, 0.2) is 12.4 Å². The van der Waals surface area contributed by atoms with Crippen LogP contribution in [-0.2, 0) is 12.1 Å². The largest absolute Gasteiger partial charge is 0.396 e. The second-order valence-electron chi connectivity index (χ2n) is 5.07. The third-order valence-electron chi connectivity index (χ3n) is 2.41. The van der Waals surface area contributed by atoms with Gasteiger partial charge in [0.1, 0.15) is 0 Å². The van der Waals surface area contributed by atoms with Gasteiger partial charge < -0.3 is 10.4 Å². The van der Waals surface area contributed by atoms with E-state index in [1.165, 1.54) is 5.56 Å². The highest BCUT2D eigenvalue weighted by Gasteiger charge is 2.13. The van der Waals surface area contributed by atoms with Crippen LogP contribution in [0.2, 0.25) is 0 Å². The van der Waals surface area contributed by atoms with Gasteiger partial charge >= 0.3 is 0 Å². The van der Waals surface area contributed by atoms with Crippen molar-refractivity contribution in [3.05, 3.63) is 18.0 Å². The highest BCUT2D eigenvalue weighted by atomic mass is 16.2. The minimum atomic E-state index is 0.0507. The van der Waals surface area contributed by atoms with Crippen LogP contribution in [0.1, 0.15) is 39.2 Å². The molecular formula is C12H23N3O. The second-order valence-corrected chi connectivity index (χ2v) is 5.07. The molecule has 0 saturated carbocycles. The van der Waals surface area contributed by atoms with Crippen LogP contribution in [0, 0.1) is 0 Å². The van der Waals surface area contributed by atoms with E-state index in [9.17, 15) is 0 Å². The summed E-state index contributed by atoms with van der Waals surface area (Å²) in [4.78, 5) is 0. The number of hydrogen-bond acceptors (Lipinski definition) is 3. The van der Waals surface area contributed by atoms with E-state index in [1.807, 2.05) is 10.9 Å². The van der Waals surface area contributed by atoms with Gasteiger partial charge in [-0.1, -0.05) is 0 Å². The van der Waals surface area contributed by atoms with Crippen LogP contribution >= 0.6 is 0 Å². The van der Waals surface area contributed by atoms with Gasteiger partial charge in [0, 0.05) is 24.9 Å². The highest BCUT2D eigenvalue weighted by Crippen LogP contribution is 2.12. The molecule has 0 bridgehead atoms. The first-order chi connectivity index (χ1) is 7.54. The van der Waals surface area contributed by atoms with Gasteiger partial charge in [0.25, 0.3) is 0 Å². The molecule has 4 heteroatoms. The van der Waals surface area contributed by atoms with Gasteiger partial charge in [0.05, 0.1) is 11.7 Å². The molecule has 0 atom stereocenters. The maximum Gasteiger partial charge on any atom is 0.0543 e. The molecule has 2 N–H and O–H groups in total. The molecule has 0 saturated heterocycles. The van der Waals surface area contributed by atoms with Crippen LogP contribution in [-0.4, -0.2) is 28.0 Å². The third-order valence-corrected chi connectivity index (χ3v) is 2.41. The van der Waals surface area contributed by atoms with Crippen LogP contribution in [0.25, 0.3) is 0 Å². The van der Waals surface area contributed by atoms with Gasteiger partial charge in [-0.15, -0.1) is 0 Å². The topological polar surface area (TPSA) is 50.1 Å². The van der Waals surface area contributed by atoms with Crippen molar-refractivity contribution in [3.63, 3.8) is 0 Å². The monoisotopic (exact) mass is 225 g/mol. The molecule has 92 valence electrons. The fraction of sp³-hybridized carbons (Fsp3) is 0.750. The fourth-order valence-electron chi connectivity index (χ4n) is 1.41. The maximum absolute atomic E-state index is 8.63. The Labute approximate surface area is 97.7 Å². The van der Waals surface area contributed by atoms with Crippen molar-refractivity contribution in [1.82, 2.24) is 15.1 Å². The van der Waals surface area contributed by atoms with E-state index in [2.05, 4.69) is 37.4 Å². The normalized spacial score (nSPS) is 12.0. The molecule has 1 aromatic heterocycles. The average molecular weight is 225 g/mol. The Morgan fingerprint density at radius 3 is 2.69 bits per heavy atom. The number of rotatable bonds is 6. The summed E-state index contributed by atoms with van der Waals surface area (Å²) < 4.78 is 1.98. The summed E-state index contributed by atoms with van der Waals surface area (Å²) in [6, 6.07) is 0. The van der Waals surface area contributed by atoms with Gasteiger partial charge in [-0.3, -0.25) is 4.68 Å². The van der Waals surface area contributed by atoms with E-state index in [-0.39, 0.29) is 12.1 Å². The Bertz CT molecular complexity index is 301. The van der Waals surface area contributed by atoms with Gasteiger partial charge in [0.15, 0.2) is 0 Å². The van der Waals surface area contributed by atoms with E-state index in [1.54, 1.807) is 0 Å². The Hall–Kier alpha value is -0.870. The van der Waals surface area contributed by atoms with Gasteiger partial charge in [-0.25, -0.2) is 0 Å². The lowest BCUT2D eigenvalue weighted by atomic mass is 10.1. The van der Waals surface area contributed by atoms with Crippen molar-refractivity contribution in [3.8, 4) is 0 Å². The third kappa shape index (κ3) is 4.33. The predicted octanol–water partition coefficient (Wildman–Crippen LogP) is 1.50. The molecule has 0 spiro atoms. The molecule has 0 aromatic carbocycles. The zero-order valence-electron chi connectivity index (χ0n) is 10.5. The van der Waals surface area contributed by atoms with Crippen molar-refractivity contribution in [2.75, 3.05) is 13.2 Å². The first-order valence-electron chi connectivity index (χ1n) is 5.89. The number of aromatic nitrogens is 2. The number of aliphatic hydroxyl groups excluding tert-OH is 1. The van der Waals surface area contributed by atoms with Crippen molar-refractivity contribution in [2.45, 2.75) is 45.7 Å². The Balaban J connectivity index is 2.30. The zero-order chi connectivity index (χ0) is 12.0. The van der Waals surface area contributed by atoms with Crippen LogP contribution in [0.3, 0.4) is 0 Å². The standard InChI is InChI=1S/C12H23N3O/c1-12(2,3)15-10-11(9-14-15)8-13-6-4-5-7-16/h9-10,13,16H,4-8H2,1-3H3. The van der Waals surface area contributed by atoms with E-state index in [0.717, 1.165) is 25.9 Å². The van der Waals surface area contributed by atoms with E-state index in [4.69, 9.17) is 5.11 Å². The minimum Gasteiger partial charge on any atom is -0.396 e. The summed E-state index contributed by atoms with van der Waals surface area (Å²) in [5.74, 6) is 0. The highest BCUT2D eigenvalue weighted by molar-refractivity contribution is 5.04.